The molecule has 2 aliphatic heterocycles. The van der Waals surface area contributed by atoms with Crippen LogP contribution in [0.1, 0.15) is 26.1 Å². The Balaban J connectivity index is 1.64. The normalized spacial score (nSPS) is 24.7. The number of hydrogen-bond acceptors (Lipinski definition) is 6. The fraction of sp³-hybridized carbons (Fsp3) is 0.706. The number of hydrogen-bond donors (Lipinski definition) is 0. The standard InChI is InChI=1S/C17H26N4O3/c1-13(2)24-17(5-11-23-12-17)16(22)21-9-7-20(8-10-21)15-4-6-18-14(3)19-15/h4,6,13H,5,7-12H2,1-3H3. The van der Waals surface area contributed by atoms with E-state index in [0.29, 0.717) is 32.7 Å². The summed E-state index contributed by atoms with van der Waals surface area (Å²) in [6.07, 6.45) is 2.41. The van der Waals surface area contributed by atoms with E-state index in [2.05, 4.69) is 14.9 Å². The highest BCUT2D eigenvalue weighted by molar-refractivity contribution is 5.86. The lowest BCUT2D eigenvalue weighted by atomic mass is 10.00. The van der Waals surface area contributed by atoms with Gasteiger partial charge in [0.05, 0.1) is 19.3 Å². The Morgan fingerprint density at radius 2 is 2.08 bits per heavy atom. The molecule has 0 aliphatic carbocycles. The number of ether oxygens (including phenoxy) is 2. The molecule has 0 spiro atoms. The van der Waals surface area contributed by atoms with Crippen molar-refractivity contribution in [2.24, 2.45) is 0 Å². The molecule has 1 aromatic rings. The highest BCUT2D eigenvalue weighted by Crippen LogP contribution is 2.28. The van der Waals surface area contributed by atoms with Crippen molar-refractivity contribution in [3.8, 4) is 0 Å². The van der Waals surface area contributed by atoms with Crippen LogP contribution in [-0.2, 0) is 14.3 Å². The second-order valence-corrected chi connectivity index (χ2v) is 6.70. The van der Waals surface area contributed by atoms with E-state index in [0.717, 1.165) is 24.7 Å². The second-order valence-electron chi connectivity index (χ2n) is 6.70. The Labute approximate surface area is 143 Å². The average Bonchev–Trinajstić information content (AvgIpc) is 3.03. The fourth-order valence-electron chi connectivity index (χ4n) is 3.36. The van der Waals surface area contributed by atoms with Crippen LogP contribution < -0.4 is 4.90 Å². The Bertz CT molecular complexity index is 579. The lowest BCUT2D eigenvalue weighted by Crippen LogP contribution is -2.57. The molecule has 2 aliphatic rings. The molecule has 7 nitrogen and oxygen atoms in total. The molecular weight excluding hydrogens is 308 g/mol. The van der Waals surface area contributed by atoms with Gasteiger partial charge < -0.3 is 19.3 Å². The molecule has 0 bridgehead atoms. The van der Waals surface area contributed by atoms with Gasteiger partial charge in [0.2, 0.25) is 0 Å². The largest absolute Gasteiger partial charge is 0.378 e. The molecule has 3 rings (SSSR count). The van der Waals surface area contributed by atoms with Crippen LogP contribution >= 0.6 is 0 Å². The molecular formula is C17H26N4O3. The molecule has 24 heavy (non-hydrogen) atoms. The molecule has 3 heterocycles. The van der Waals surface area contributed by atoms with Gasteiger partial charge in [-0.2, -0.15) is 0 Å². The minimum absolute atomic E-state index is 0.000864. The van der Waals surface area contributed by atoms with Crippen LogP contribution in [0.5, 0.6) is 0 Å². The summed E-state index contributed by atoms with van der Waals surface area (Å²) < 4.78 is 11.5. The molecule has 0 radical (unpaired) electrons. The van der Waals surface area contributed by atoms with Gasteiger partial charge in [0.15, 0.2) is 5.60 Å². The topological polar surface area (TPSA) is 67.8 Å². The monoisotopic (exact) mass is 334 g/mol. The summed E-state index contributed by atoms with van der Waals surface area (Å²) in [6, 6.07) is 1.92. The van der Waals surface area contributed by atoms with Gasteiger partial charge in [-0.25, -0.2) is 9.97 Å². The number of nitrogens with zero attached hydrogens (tertiary/aromatic N) is 4. The van der Waals surface area contributed by atoms with E-state index in [1.807, 2.05) is 31.7 Å². The number of anilines is 1. The van der Waals surface area contributed by atoms with Crippen molar-refractivity contribution < 1.29 is 14.3 Å². The van der Waals surface area contributed by atoms with Crippen molar-refractivity contribution in [3.63, 3.8) is 0 Å². The Hall–Kier alpha value is -1.73. The van der Waals surface area contributed by atoms with Crippen molar-refractivity contribution in [1.82, 2.24) is 14.9 Å². The van der Waals surface area contributed by atoms with Gasteiger partial charge in [0.25, 0.3) is 5.91 Å². The van der Waals surface area contributed by atoms with Gasteiger partial charge in [-0.05, 0) is 26.8 Å². The van der Waals surface area contributed by atoms with E-state index in [4.69, 9.17) is 9.47 Å². The van der Waals surface area contributed by atoms with Gasteiger partial charge in [-0.15, -0.1) is 0 Å². The minimum atomic E-state index is -0.804. The molecule has 1 aromatic heterocycles. The molecule has 132 valence electrons. The first-order valence-electron chi connectivity index (χ1n) is 8.60. The molecule has 0 aromatic carbocycles. The van der Waals surface area contributed by atoms with Crippen LogP contribution in [0.3, 0.4) is 0 Å². The summed E-state index contributed by atoms with van der Waals surface area (Å²) >= 11 is 0. The minimum Gasteiger partial charge on any atom is -0.378 e. The summed E-state index contributed by atoms with van der Waals surface area (Å²) in [5.41, 5.74) is -0.804. The summed E-state index contributed by atoms with van der Waals surface area (Å²) in [6.45, 7) is 9.62. The number of rotatable bonds is 4. The fourth-order valence-corrected chi connectivity index (χ4v) is 3.36. The molecule has 7 heteroatoms. The third kappa shape index (κ3) is 3.52. The Morgan fingerprint density at radius 1 is 1.33 bits per heavy atom. The lowest BCUT2D eigenvalue weighted by molar-refractivity contribution is -0.164. The first kappa shape index (κ1) is 17.1. The molecule has 0 N–H and O–H groups in total. The molecule has 1 amide bonds. The molecule has 1 unspecified atom stereocenters. The summed E-state index contributed by atoms with van der Waals surface area (Å²) in [5, 5.41) is 0. The number of amides is 1. The highest BCUT2D eigenvalue weighted by atomic mass is 16.6. The van der Waals surface area contributed by atoms with Crippen LogP contribution in [0, 0.1) is 6.92 Å². The van der Waals surface area contributed by atoms with Crippen molar-refractivity contribution >= 4 is 11.7 Å². The van der Waals surface area contributed by atoms with Crippen LogP contribution in [0.4, 0.5) is 5.82 Å². The number of aryl methyl sites for hydroxylation is 1. The molecule has 1 atom stereocenters. The van der Waals surface area contributed by atoms with E-state index in [-0.39, 0.29) is 12.0 Å². The number of carbonyl (C=O) groups excluding carboxylic acids is 1. The first-order valence-corrected chi connectivity index (χ1v) is 8.60. The third-order valence-corrected chi connectivity index (χ3v) is 4.49. The summed E-state index contributed by atoms with van der Waals surface area (Å²) in [7, 11) is 0. The molecule has 0 saturated carbocycles. The lowest BCUT2D eigenvalue weighted by Gasteiger charge is -2.40. The van der Waals surface area contributed by atoms with Gasteiger partial charge in [-0.1, -0.05) is 0 Å². The van der Waals surface area contributed by atoms with Gasteiger partial charge in [0, 0.05) is 38.8 Å². The second kappa shape index (κ2) is 7.03. The predicted molar refractivity (Wildman–Crippen MR) is 90.0 cm³/mol. The van der Waals surface area contributed by atoms with Crippen molar-refractivity contribution in [2.45, 2.75) is 38.9 Å². The molecule has 2 saturated heterocycles. The SMILES string of the molecule is Cc1nccc(N2CCN(C(=O)C3(OC(C)C)CCOC3)CC2)n1. The zero-order valence-electron chi connectivity index (χ0n) is 14.7. The van der Waals surface area contributed by atoms with Crippen LogP contribution in [-0.4, -0.2) is 71.9 Å². The van der Waals surface area contributed by atoms with E-state index < -0.39 is 5.60 Å². The third-order valence-electron chi connectivity index (χ3n) is 4.49. The van der Waals surface area contributed by atoms with E-state index in [1.54, 1.807) is 6.20 Å². The maximum atomic E-state index is 13.0. The van der Waals surface area contributed by atoms with E-state index in [1.165, 1.54) is 0 Å². The summed E-state index contributed by atoms with van der Waals surface area (Å²) in [5.74, 6) is 1.75. The van der Waals surface area contributed by atoms with Crippen LogP contribution in [0.2, 0.25) is 0 Å². The number of piperazine rings is 1. The van der Waals surface area contributed by atoms with Crippen molar-refractivity contribution in [1.29, 1.82) is 0 Å². The smallest absolute Gasteiger partial charge is 0.257 e. The maximum Gasteiger partial charge on any atom is 0.257 e. The number of carbonyl (C=O) groups is 1. The Kier molecular flexibility index (Phi) is 5.01. The average molecular weight is 334 g/mol. The quantitative estimate of drug-likeness (QED) is 0.819. The van der Waals surface area contributed by atoms with E-state index >= 15 is 0 Å². The highest BCUT2D eigenvalue weighted by Gasteiger charge is 2.47. The van der Waals surface area contributed by atoms with Gasteiger partial charge >= 0.3 is 0 Å². The first-order chi connectivity index (χ1) is 11.5. The van der Waals surface area contributed by atoms with Crippen molar-refractivity contribution in [2.75, 3.05) is 44.3 Å². The zero-order valence-corrected chi connectivity index (χ0v) is 14.7. The van der Waals surface area contributed by atoms with Crippen LogP contribution in [0.15, 0.2) is 12.3 Å². The number of aromatic nitrogens is 2. The molecule has 2 fully saturated rings. The van der Waals surface area contributed by atoms with E-state index in [9.17, 15) is 4.79 Å². The predicted octanol–water partition coefficient (Wildman–Crippen LogP) is 1.02. The maximum absolute atomic E-state index is 13.0. The van der Waals surface area contributed by atoms with Gasteiger partial charge in [0.1, 0.15) is 11.6 Å². The van der Waals surface area contributed by atoms with Crippen molar-refractivity contribution in [3.05, 3.63) is 18.1 Å². The van der Waals surface area contributed by atoms with Gasteiger partial charge in [-0.3, -0.25) is 4.79 Å². The summed E-state index contributed by atoms with van der Waals surface area (Å²) in [4.78, 5) is 25.7. The Morgan fingerprint density at radius 3 is 2.67 bits per heavy atom. The zero-order chi connectivity index (χ0) is 17.2. The van der Waals surface area contributed by atoms with Crippen LogP contribution in [0.25, 0.3) is 0 Å².